The molecule has 0 aromatic carbocycles. The van der Waals surface area contributed by atoms with Crippen LogP contribution < -0.4 is 0 Å². The van der Waals surface area contributed by atoms with Gasteiger partial charge in [0.2, 0.25) is 0 Å². The summed E-state index contributed by atoms with van der Waals surface area (Å²) in [6.45, 7) is 0. The molecule has 0 unspecified atom stereocenters. The third kappa shape index (κ3) is 2.80. The van der Waals surface area contributed by atoms with Gasteiger partial charge < -0.3 is 0 Å². The van der Waals surface area contributed by atoms with E-state index in [9.17, 15) is 18.9 Å². The van der Waals surface area contributed by atoms with Crippen LogP contribution in [0.3, 0.4) is 0 Å². The summed E-state index contributed by atoms with van der Waals surface area (Å²) in [6.07, 6.45) is -2.72. The molecule has 0 atom stereocenters. The molecule has 0 saturated heterocycles. The molecule has 0 amide bonds. The molecule has 0 saturated carbocycles. The van der Waals surface area contributed by atoms with E-state index in [4.69, 9.17) is 0 Å². The maximum absolute atomic E-state index is 12.3. The molecule has 1 aromatic heterocycles. The maximum Gasteiger partial charge on any atom is 0.305 e. The minimum absolute atomic E-state index is 0.0233. The van der Waals surface area contributed by atoms with Gasteiger partial charge in [-0.2, -0.15) is 0 Å². The minimum atomic E-state index is -2.72. The van der Waals surface area contributed by atoms with Gasteiger partial charge in [-0.15, -0.1) is 0 Å². The zero-order chi connectivity index (χ0) is 11.6. The summed E-state index contributed by atoms with van der Waals surface area (Å²) in [5, 5.41) is 10.8. The monoisotopic (exact) mass is 392 g/mol. The zero-order valence-electron chi connectivity index (χ0n) is 7.08. The van der Waals surface area contributed by atoms with Gasteiger partial charge in [0.1, 0.15) is 5.69 Å². The Morgan fingerprint density at radius 2 is 2.27 bits per heavy atom. The molecular weight excluding hydrogens is 389 g/mol. The third-order valence-corrected chi connectivity index (χ3v) is 2.96. The lowest BCUT2D eigenvalue weighted by atomic mass is 10.2. The highest BCUT2D eigenvalue weighted by Crippen LogP contribution is 2.29. The predicted octanol–water partition coefficient (Wildman–Crippen LogP) is 3.43. The Bertz CT molecular complexity index is 403. The van der Waals surface area contributed by atoms with E-state index in [1.807, 2.05) is 0 Å². The Labute approximate surface area is 105 Å². The largest absolute Gasteiger partial charge is 0.305 e. The van der Waals surface area contributed by atoms with E-state index < -0.39 is 17.0 Å². The van der Waals surface area contributed by atoms with E-state index >= 15 is 0 Å². The Hall–Kier alpha value is -0.380. The summed E-state index contributed by atoms with van der Waals surface area (Å²) in [7, 11) is 0. The molecular formula is C7H4BrF2IN2O2. The van der Waals surface area contributed by atoms with Gasteiger partial charge in [-0.3, -0.25) is 10.1 Å². The van der Waals surface area contributed by atoms with Crippen molar-refractivity contribution in [2.24, 2.45) is 0 Å². The van der Waals surface area contributed by atoms with Crippen LogP contribution in [0.4, 0.5) is 14.5 Å². The van der Waals surface area contributed by atoms with E-state index in [1.165, 1.54) is 0 Å². The second-order valence-electron chi connectivity index (χ2n) is 2.54. The van der Waals surface area contributed by atoms with Crippen molar-refractivity contribution in [1.82, 2.24) is 4.98 Å². The molecule has 1 rings (SSSR count). The van der Waals surface area contributed by atoms with Crippen molar-refractivity contribution < 1.29 is 13.7 Å². The summed E-state index contributed by atoms with van der Waals surface area (Å²) in [6, 6.07) is 1.04. The van der Waals surface area contributed by atoms with Crippen LogP contribution >= 0.6 is 38.5 Å². The van der Waals surface area contributed by atoms with Crippen molar-refractivity contribution in [3.8, 4) is 0 Å². The summed E-state index contributed by atoms with van der Waals surface area (Å²) >= 11 is 4.59. The lowest BCUT2D eigenvalue weighted by Gasteiger charge is -2.04. The first-order valence-corrected chi connectivity index (χ1v) is 5.85. The van der Waals surface area contributed by atoms with E-state index in [-0.39, 0.29) is 20.3 Å². The van der Waals surface area contributed by atoms with Crippen LogP contribution in [-0.2, 0) is 5.33 Å². The maximum atomic E-state index is 12.3. The fourth-order valence-electron chi connectivity index (χ4n) is 0.984. The topological polar surface area (TPSA) is 56.0 Å². The molecule has 1 aromatic rings. The Balaban J connectivity index is 3.37. The quantitative estimate of drug-likeness (QED) is 0.260. The number of halogens is 4. The van der Waals surface area contributed by atoms with Gasteiger partial charge in [0, 0.05) is 10.9 Å². The first kappa shape index (κ1) is 12.7. The SMILES string of the molecule is O=[N+]([O-])c1c(CBr)cc(C(F)F)nc1I. The molecule has 0 radical (unpaired) electrons. The molecule has 8 heteroatoms. The number of aromatic nitrogens is 1. The van der Waals surface area contributed by atoms with Gasteiger partial charge in [-0.1, -0.05) is 15.9 Å². The molecule has 0 N–H and O–H groups in total. The Kier molecular flexibility index (Phi) is 4.32. The predicted molar refractivity (Wildman–Crippen MR) is 61.2 cm³/mol. The second-order valence-corrected chi connectivity index (χ2v) is 4.12. The van der Waals surface area contributed by atoms with Crippen molar-refractivity contribution in [2.75, 3.05) is 0 Å². The van der Waals surface area contributed by atoms with Crippen LogP contribution in [0.15, 0.2) is 6.07 Å². The first-order valence-electron chi connectivity index (χ1n) is 3.65. The molecule has 0 aliphatic heterocycles. The average molecular weight is 393 g/mol. The summed E-state index contributed by atoms with van der Waals surface area (Å²) in [4.78, 5) is 13.5. The number of nitrogens with zero attached hydrogens (tertiary/aromatic N) is 2. The van der Waals surface area contributed by atoms with Crippen molar-refractivity contribution in [3.63, 3.8) is 0 Å². The number of nitro groups is 1. The van der Waals surface area contributed by atoms with Crippen LogP contribution in [0.5, 0.6) is 0 Å². The number of rotatable bonds is 3. The average Bonchev–Trinajstić information content (AvgIpc) is 2.15. The summed E-state index contributed by atoms with van der Waals surface area (Å²) in [5.41, 5.74) is -0.467. The molecule has 4 nitrogen and oxygen atoms in total. The number of hydrogen-bond donors (Lipinski definition) is 0. The summed E-state index contributed by atoms with van der Waals surface area (Å²) < 4.78 is 24.7. The molecule has 1 heterocycles. The van der Waals surface area contributed by atoms with Crippen molar-refractivity contribution in [1.29, 1.82) is 0 Å². The standard InChI is InChI=1S/C7H4BrF2IN2O2/c8-2-3-1-4(6(9)10)12-7(11)5(3)13(14)15/h1,6H,2H2. The lowest BCUT2D eigenvalue weighted by molar-refractivity contribution is -0.386. The number of hydrogen-bond acceptors (Lipinski definition) is 3. The molecule has 0 fully saturated rings. The third-order valence-electron chi connectivity index (χ3n) is 1.60. The van der Waals surface area contributed by atoms with Crippen LogP contribution in [0.25, 0.3) is 0 Å². The normalized spacial score (nSPS) is 10.7. The van der Waals surface area contributed by atoms with Crippen molar-refractivity contribution >= 4 is 44.2 Å². The number of pyridine rings is 1. The Morgan fingerprint density at radius 3 is 2.67 bits per heavy atom. The van der Waals surface area contributed by atoms with Crippen LogP contribution in [-0.4, -0.2) is 9.91 Å². The van der Waals surface area contributed by atoms with Gasteiger partial charge in [0.15, 0.2) is 3.70 Å². The molecule has 0 aliphatic carbocycles. The van der Waals surface area contributed by atoms with E-state index in [0.29, 0.717) is 0 Å². The van der Waals surface area contributed by atoms with Crippen LogP contribution in [0, 0.1) is 13.8 Å². The Morgan fingerprint density at radius 1 is 1.67 bits per heavy atom. The molecule has 0 bridgehead atoms. The minimum Gasteiger partial charge on any atom is -0.258 e. The van der Waals surface area contributed by atoms with Gasteiger partial charge in [-0.05, 0) is 28.7 Å². The fraction of sp³-hybridized carbons (Fsp3) is 0.286. The van der Waals surface area contributed by atoms with Crippen LogP contribution in [0.2, 0.25) is 0 Å². The molecule has 0 spiro atoms. The van der Waals surface area contributed by atoms with Crippen LogP contribution in [0.1, 0.15) is 17.7 Å². The summed E-state index contributed by atoms with van der Waals surface area (Å²) in [5.74, 6) is 0. The smallest absolute Gasteiger partial charge is 0.258 e. The van der Waals surface area contributed by atoms with Crippen molar-refractivity contribution in [3.05, 3.63) is 31.1 Å². The molecule has 15 heavy (non-hydrogen) atoms. The number of alkyl halides is 3. The van der Waals surface area contributed by atoms with E-state index in [1.54, 1.807) is 22.6 Å². The fourth-order valence-corrected chi connectivity index (χ4v) is 2.23. The lowest BCUT2D eigenvalue weighted by Crippen LogP contribution is -2.02. The van der Waals surface area contributed by atoms with Gasteiger partial charge in [0.25, 0.3) is 6.43 Å². The highest BCUT2D eigenvalue weighted by molar-refractivity contribution is 14.1. The second kappa shape index (κ2) is 5.10. The zero-order valence-corrected chi connectivity index (χ0v) is 10.8. The van der Waals surface area contributed by atoms with E-state index in [0.717, 1.165) is 6.07 Å². The first-order chi connectivity index (χ1) is 6.97. The van der Waals surface area contributed by atoms with Crippen molar-refractivity contribution in [2.45, 2.75) is 11.8 Å². The van der Waals surface area contributed by atoms with Gasteiger partial charge in [-0.25, -0.2) is 13.8 Å². The van der Waals surface area contributed by atoms with Gasteiger partial charge >= 0.3 is 5.69 Å². The highest BCUT2D eigenvalue weighted by atomic mass is 127. The molecule has 82 valence electrons. The van der Waals surface area contributed by atoms with E-state index in [2.05, 4.69) is 20.9 Å². The highest BCUT2D eigenvalue weighted by Gasteiger charge is 2.23. The van der Waals surface area contributed by atoms with Gasteiger partial charge in [0.05, 0.1) is 4.92 Å². The molecule has 0 aliphatic rings.